The van der Waals surface area contributed by atoms with Crippen LogP contribution in [-0.4, -0.2) is 75.6 Å². The number of ether oxygens (including phenoxy) is 2. The number of halogens is 4. The Morgan fingerprint density at radius 2 is 1.54 bits per heavy atom. The largest absolute Gasteiger partial charge is 0.493 e. The third-order valence-electron chi connectivity index (χ3n) is 10.6. The second-order valence-corrected chi connectivity index (χ2v) is 17.0. The van der Waals surface area contributed by atoms with Crippen LogP contribution in [0.15, 0.2) is 66.2 Å². The van der Waals surface area contributed by atoms with Crippen LogP contribution in [-0.2, 0) is 22.4 Å². The van der Waals surface area contributed by atoms with Crippen LogP contribution in [0.5, 0.6) is 5.75 Å². The summed E-state index contributed by atoms with van der Waals surface area (Å²) in [5, 5.41) is 3.44. The predicted octanol–water partition coefficient (Wildman–Crippen LogP) is 8.69. The SMILES string of the molecule is Cc1ccc(C)c(OCCc2ccc(C3=C(C(=O)N(CCc4ccc(F)cc4)C4CC4)[C@H]4CNCC(C3)N4C(=O)OC(C)(C)C(Cl)(Cl)Cl)cc2)c1C. The van der Waals surface area contributed by atoms with Gasteiger partial charge in [-0.15, -0.1) is 0 Å². The van der Waals surface area contributed by atoms with Crippen molar-refractivity contribution in [3.8, 4) is 5.75 Å². The summed E-state index contributed by atoms with van der Waals surface area (Å²) in [4.78, 5) is 32.5. The van der Waals surface area contributed by atoms with Gasteiger partial charge in [0.05, 0.1) is 18.7 Å². The van der Waals surface area contributed by atoms with Gasteiger partial charge in [-0.1, -0.05) is 83.3 Å². The van der Waals surface area contributed by atoms with Crippen LogP contribution in [0.2, 0.25) is 0 Å². The van der Waals surface area contributed by atoms with Crippen molar-refractivity contribution in [2.45, 2.75) is 94.2 Å². The van der Waals surface area contributed by atoms with E-state index in [-0.39, 0.29) is 23.8 Å². The Labute approximate surface area is 321 Å². The molecule has 6 rings (SSSR count). The van der Waals surface area contributed by atoms with Crippen LogP contribution in [0, 0.1) is 26.6 Å². The summed E-state index contributed by atoms with van der Waals surface area (Å²) in [5.41, 5.74) is 6.56. The minimum absolute atomic E-state index is 0.0997. The lowest BCUT2D eigenvalue weighted by atomic mass is 9.81. The molecule has 11 heteroatoms. The lowest BCUT2D eigenvalue weighted by Crippen LogP contribution is -2.64. The molecule has 3 aromatic rings. The van der Waals surface area contributed by atoms with Gasteiger partial charge in [-0.3, -0.25) is 9.69 Å². The highest BCUT2D eigenvalue weighted by molar-refractivity contribution is 6.68. The molecule has 2 bridgehead atoms. The summed E-state index contributed by atoms with van der Waals surface area (Å²) in [6, 6.07) is 18.1. The van der Waals surface area contributed by atoms with Crippen LogP contribution in [0.4, 0.5) is 9.18 Å². The maximum atomic E-state index is 14.9. The summed E-state index contributed by atoms with van der Waals surface area (Å²) in [6.45, 7) is 11.3. The van der Waals surface area contributed by atoms with Crippen molar-refractivity contribution in [1.29, 1.82) is 0 Å². The summed E-state index contributed by atoms with van der Waals surface area (Å²) in [5.74, 6) is 0.536. The number of aryl methyl sites for hydroxylation is 2. The number of rotatable bonds is 11. The van der Waals surface area contributed by atoms with E-state index in [4.69, 9.17) is 44.3 Å². The molecule has 2 fully saturated rings. The fraction of sp³-hybridized carbons (Fsp3) is 0.463. The van der Waals surface area contributed by atoms with Gasteiger partial charge in [0.15, 0.2) is 5.60 Å². The van der Waals surface area contributed by atoms with E-state index in [1.165, 1.54) is 17.7 Å². The molecular formula is C41H47Cl3FN3O4. The van der Waals surface area contributed by atoms with E-state index >= 15 is 0 Å². The second-order valence-electron chi connectivity index (χ2n) is 14.8. The number of carbonyl (C=O) groups is 2. The maximum absolute atomic E-state index is 14.9. The summed E-state index contributed by atoms with van der Waals surface area (Å²) >= 11 is 18.6. The van der Waals surface area contributed by atoms with Gasteiger partial charge in [-0.2, -0.15) is 0 Å². The third kappa shape index (κ3) is 8.41. The molecule has 3 aromatic carbocycles. The number of hydrogen-bond acceptors (Lipinski definition) is 5. The number of hydrogen-bond donors (Lipinski definition) is 1. The van der Waals surface area contributed by atoms with Crippen molar-refractivity contribution >= 4 is 52.4 Å². The van der Waals surface area contributed by atoms with Crippen molar-refractivity contribution < 1.29 is 23.5 Å². The standard InChI is InChI=1S/C41H47Cl3FN3O4/c1-25-6-7-26(2)37(27(25)3)51-21-19-29-8-12-30(13-9-29)34-22-33-23-46-24-35(48(33)39(50)52-40(4,5)41(42,43)44)36(34)38(49)47(32-16-17-32)20-18-28-10-14-31(45)15-11-28/h6-15,32-33,35,46H,16-24H2,1-5H3/t33?,35-/m1/s1. The topological polar surface area (TPSA) is 71.1 Å². The predicted molar refractivity (Wildman–Crippen MR) is 206 cm³/mol. The van der Waals surface area contributed by atoms with Crippen LogP contribution in [0.3, 0.4) is 0 Å². The highest BCUT2D eigenvalue weighted by atomic mass is 35.6. The van der Waals surface area contributed by atoms with Gasteiger partial charge in [0.1, 0.15) is 11.6 Å². The minimum Gasteiger partial charge on any atom is -0.493 e. The Morgan fingerprint density at radius 3 is 2.19 bits per heavy atom. The van der Waals surface area contributed by atoms with Gasteiger partial charge in [-0.25, -0.2) is 9.18 Å². The molecule has 1 unspecified atom stereocenters. The van der Waals surface area contributed by atoms with E-state index in [9.17, 15) is 14.0 Å². The third-order valence-corrected chi connectivity index (χ3v) is 12.0. The Balaban J connectivity index is 1.30. The molecule has 278 valence electrons. The number of benzene rings is 3. The van der Waals surface area contributed by atoms with E-state index in [0.29, 0.717) is 44.7 Å². The zero-order valence-electron chi connectivity index (χ0n) is 30.4. The van der Waals surface area contributed by atoms with E-state index in [1.54, 1.807) is 30.9 Å². The molecule has 0 spiro atoms. The van der Waals surface area contributed by atoms with E-state index in [2.05, 4.69) is 62.5 Å². The van der Waals surface area contributed by atoms with Gasteiger partial charge in [0, 0.05) is 37.7 Å². The first-order valence-corrected chi connectivity index (χ1v) is 19.1. The first kappa shape index (κ1) is 38.4. The Hall–Kier alpha value is -3.30. The number of carbonyl (C=O) groups excluding carboxylic acids is 2. The molecule has 2 aliphatic heterocycles. The summed E-state index contributed by atoms with van der Waals surface area (Å²) < 4.78 is 23.9. The first-order valence-electron chi connectivity index (χ1n) is 18.0. The molecule has 2 heterocycles. The van der Waals surface area contributed by atoms with Crippen LogP contribution in [0.1, 0.15) is 66.5 Å². The van der Waals surface area contributed by atoms with Crippen LogP contribution in [0.25, 0.3) is 5.57 Å². The molecular weight excluding hydrogens is 724 g/mol. The number of alkyl halides is 3. The first-order chi connectivity index (χ1) is 24.6. The van der Waals surface area contributed by atoms with E-state index < -0.39 is 21.5 Å². The summed E-state index contributed by atoms with van der Waals surface area (Å²) in [7, 11) is 0. The average molecular weight is 771 g/mol. The lowest BCUT2D eigenvalue weighted by molar-refractivity contribution is -0.128. The Kier molecular flexibility index (Phi) is 11.5. The number of amides is 2. The molecule has 0 aromatic heterocycles. The number of nitrogens with one attached hydrogen (secondary N) is 1. The van der Waals surface area contributed by atoms with Crippen LogP contribution >= 0.6 is 34.8 Å². The van der Waals surface area contributed by atoms with Crippen molar-refractivity contribution in [3.63, 3.8) is 0 Å². The van der Waals surface area contributed by atoms with E-state index in [1.807, 2.05) is 4.90 Å². The van der Waals surface area contributed by atoms with Crippen molar-refractivity contribution in [3.05, 3.63) is 105 Å². The number of nitrogens with zero attached hydrogens (tertiary/aromatic N) is 2. The second kappa shape index (κ2) is 15.6. The molecule has 1 aliphatic carbocycles. The molecule has 2 amide bonds. The fourth-order valence-electron chi connectivity index (χ4n) is 7.13. The Bertz CT molecular complexity index is 1820. The van der Waals surface area contributed by atoms with Crippen LogP contribution < -0.4 is 10.1 Å². The molecule has 1 N–H and O–H groups in total. The molecule has 1 saturated carbocycles. The van der Waals surface area contributed by atoms with Gasteiger partial charge in [0.25, 0.3) is 5.91 Å². The zero-order valence-corrected chi connectivity index (χ0v) is 32.7. The molecule has 3 aliphatic rings. The maximum Gasteiger partial charge on any atom is 0.411 e. The smallest absolute Gasteiger partial charge is 0.411 e. The van der Waals surface area contributed by atoms with Crippen molar-refractivity contribution in [2.24, 2.45) is 0 Å². The molecule has 1 saturated heterocycles. The van der Waals surface area contributed by atoms with Gasteiger partial charge in [-0.05, 0) is 111 Å². The van der Waals surface area contributed by atoms with E-state index in [0.717, 1.165) is 58.4 Å². The van der Waals surface area contributed by atoms with Gasteiger partial charge >= 0.3 is 6.09 Å². The van der Waals surface area contributed by atoms with Crippen molar-refractivity contribution in [1.82, 2.24) is 15.1 Å². The number of piperazine rings is 1. The monoisotopic (exact) mass is 769 g/mol. The number of fused-ring (bicyclic) bond motifs is 2. The fourth-order valence-corrected chi connectivity index (χ4v) is 7.24. The highest BCUT2D eigenvalue weighted by Crippen LogP contribution is 2.43. The zero-order chi connectivity index (χ0) is 37.4. The molecule has 2 atom stereocenters. The Morgan fingerprint density at radius 1 is 0.904 bits per heavy atom. The summed E-state index contributed by atoms with van der Waals surface area (Å²) in [6.07, 6.45) is 2.94. The quantitative estimate of drug-likeness (QED) is 0.198. The van der Waals surface area contributed by atoms with Gasteiger partial charge < -0.3 is 19.7 Å². The lowest BCUT2D eigenvalue weighted by Gasteiger charge is -2.48. The van der Waals surface area contributed by atoms with Gasteiger partial charge in [0.2, 0.25) is 3.79 Å². The minimum atomic E-state index is -1.86. The van der Waals surface area contributed by atoms with Crippen molar-refractivity contribution in [2.75, 3.05) is 26.2 Å². The molecule has 7 nitrogen and oxygen atoms in total. The highest BCUT2D eigenvalue weighted by Gasteiger charge is 2.50. The average Bonchev–Trinajstić information content (AvgIpc) is 3.93. The molecule has 0 radical (unpaired) electrons. The normalized spacial score (nSPS) is 19.1. The molecule has 52 heavy (non-hydrogen) atoms.